The normalized spacial score (nSPS) is 10.4. The van der Waals surface area contributed by atoms with E-state index in [2.05, 4.69) is 9.97 Å². The number of benzene rings is 2. The first-order valence-corrected chi connectivity index (χ1v) is 7.93. The van der Waals surface area contributed by atoms with Crippen LogP contribution in [0.4, 0.5) is 0 Å². The van der Waals surface area contributed by atoms with E-state index in [1.54, 1.807) is 13.0 Å². The highest BCUT2D eigenvalue weighted by Crippen LogP contribution is 2.30. The van der Waals surface area contributed by atoms with Gasteiger partial charge in [0.2, 0.25) is 0 Å². The predicted octanol–water partition coefficient (Wildman–Crippen LogP) is 4.64. The Kier molecular flexibility index (Phi) is 4.87. The first kappa shape index (κ1) is 16.1. The molecular weight excluding hydrogens is 324 g/mol. The molecule has 0 fully saturated rings. The number of hydrogen-bond acceptors (Lipinski definition) is 4. The Hall–Kier alpha value is -2.72. The third-order valence-electron chi connectivity index (χ3n) is 3.45. The zero-order chi connectivity index (χ0) is 16.9. The predicted molar refractivity (Wildman–Crippen MR) is 93.9 cm³/mol. The van der Waals surface area contributed by atoms with Crippen LogP contribution in [0.3, 0.4) is 0 Å². The minimum Gasteiger partial charge on any atom is -0.462 e. The molecule has 120 valence electrons. The van der Waals surface area contributed by atoms with Gasteiger partial charge in [0.25, 0.3) is 0 Å². The lowest BCUT2D eigenvalue weighted by atomic mass is 10.1. The molecule has 0 unspecified atom stereocenters. The Morgan fingerprint density at radius 1 is 1.08 bits per heavy atom. The highest BCUT2D eigenvalue weighted by molar-refractivity contribution is 6.33. The van der Waals surface area contributed by atoms with Crippen molar-refractivity contribution in [3.63, 3.8) is 0 Å². The van der Waals surface area contributed by atoms with Crippen LogP contribution in [-0.4, -0.2) is 22.5 Å². The molecule has 4 nitrogen and oxygen atoms in total. The molecule has 0 atom stereocenters. The minimum atomic E-state index is -0.466. The molecule has 0 aliphatic rings. The first-order chi connectivity index (χ1) is 11.7. The van der Waals surface area contributed by atoms with E-state index in [0.29, 0.717) is 27.7 Å². The van der Waals surface area contributed by atoms with Gasteiger partial charge in [-0.05, 0) is 13.0 Å². The quantitative estimate of drug-likeness (QED) is 0.650. The molecule has 1 heterocycles. The van der Waals surface area contributed by atoms with Gasteiger partial charge in [-0.15, -0.1) is 0 Å². The topological polar surface area (TPSA) is 52.1 Å². The molecule has 0 spiro atoms. The third-order valence-corrected chi connectivity index (χ3v) is 3.77. The SMILES string of the molecule is CCOC(=O)c1cnc(-c2ccccc2)nc1-c1ccccc1Cl. The van der Waals surface area contributed by atoms with E-state index in [4.69, 9.17) is 16.3 Å². The number of ether oxygens (including phenoxy) is 1. The van der Waals surface area contributed by atoms with Crippen molar-refractivity contribution in [3.8, 4) is 22.6 Å². The maximum Gasteiger partial charge on any atom is 0.341 e. The smallest absolute Gasteiger partial charge is 0.341 e. The summed E-state index contributed by atoms with van der Waals surface area (Å²) >= 11 is 6.30. The van der Waals surface area contributed by atoms with Gasteiger partial charge in [-0.25, -0.2) is 14.8 Å². The fraction of sp³-hybridized carbons (Fsp3) is 0.105. The summed E-state index contributed by atoms with van der Waals surface area (Å²) < 4.78 is 5.11. The molecule has 0 bridgehead atoms. The third kappa shape index (κ3) is 3.29. The monoisotopic (exact) mass is 338 g/mol. The Balaban J connectivity index is 2.18. The van der Waals surface area contributed by atoms with Crippen molar-refractivity contribution < 1.29 is 9.53 Å². The van der Waals surface area contributed by atoms with Gasteiger partial charge in [0.15, 0.2) is 5.82 Å². The Labute approximate surface area is 145 Å². The maximum absolute atomic E-state index is 12.3. The number of carbonyl (C=O) groups excluding carboxylic acids is 1. The van der Waals surface area contributed by atoms with Crippen molar-refractivity contribution >= 4 is 17.6 Å². The molecule has 0 radical (unpaired) electrons. The second-order valence-corrected chi connectivity index (χ2v) is 5.43. The molecule has 5 heteroatoms. The van der Waals surface area contributed by atoms with E-state index in [0.717, 1.165) is 5.56 Å². The summed E-state index contributed by atoms with van der Waals surface area (Å²) in [6.45, 7) is 2.04. The van der Waals surface area contributed by atoms with Crippen molar-refractivity contribution in [2.45, 2.75) is 6.92 Å². The fourth-order valence-corrected chi connectivity index (χ4v) is 2.55. The van der Waals surface area contributed by atoms with Gasteiger partial charge in [0, 0.05) is 22.3 Å². The molecular formula is C19H15ClN2O2. The molecule has 3 aromatic rings. The summed E-state index contributed by atoms with van der Waals surface area (Å²) in [5, 5.41) is 0.515. The van der Waals surface area contributed by atoms with E-state index < -0.39 is 5.97 Å². The molecule has 0 amide bonds. The lowest BCUT2D eigenvalue weighted by Crippen LogP contribution is -2.09. The van der Waals surface area contributed by atoms with Crippen molar-refractivity contribution in [2.24, 2.45) is 0 Å². The Morgan fingerprint density at radius 3 is 2.50 bits per heavy atom. The summed E-state index contributed by atoms with van der Waals surface area (Å²) in [5.41, 5.74) is 2.29. The number of halogens is 1. The van der Waals surface area contributed by atoms with Crippen LogP contribution in [0, 0.1) is 0 Å². The standard InChI is InChI=1S/C19H15ClN2O2/c1-2-24-19(23)15-12-21-18(13-8-4-3-5-9-13)22-17(15)14-10-6-7-11-16(14)20/h3-12H,2H2,1H3. The Morgan fingerprint density at radius 2 is 1.79 bits per heavy atom. The van der Waals surface area contributed by atoms with Crippen LogP contribution in [0.15, 0.2) is 60.8 Å². The van der Waals surface area contributed by atoms with Gasteiger partial charge >= 0.3 is 5.97 Å². The van der Waals surface area contributed by atoms with Gasteiger partial charge in [-0.2, -0.15) is 0 Å². The summed E-state index contributed by atoms with van der Waals surface area (Å²) in [5.74, 6) is 0.0607. The number of nitrogens with zero attached hydrogens (tertiary/aromatic N) is 2. The van der Waals surface area contributed by atoms with Crippen molar-refractivity contribution in [1.82, 2.24) is 9.97 Å². The Bertz CT molecular complexity index is 866. The first-order valence-electron chi connectivity index (χ1n) is 7.55. The van der Waals surface area contributed by atoms with Crippen molar-refractivity contribution in [2.75, 3.05) is 6.61 Å². The zero-order valence-electron chi connectivity index (χ0n) is 13.1. The highest BCUT2D eigenvalue weighted by atomic mass is 35.5. The highest BCUT2D eigenvalue weighted by Gasteiger charge is 2.19. The molecule has 0 N–H and O–H groups in total. The lowest BCUT2D eigenvalue weighted by Gasteiger charge is -2.11. The number of hydrogen-bond donors (Lipinski definition) is 0. The van der Waals surface area contributed by atoms with Gasteiger partial charge in [0.05, 0.1) is 12.3 Å². The summed E-state index contributed by atoms with van der Waals surface area (Å²) in [4.78, 5) is 21.1. The van der Waals surface area contributed by atoms with Crippen LogP contribution < -0.4 is 0 Å². The summed E-state index contributed by atoms with van der Waals surface area (Å²) in [7, 11) is 0. The molecule has 2 aromatic carbocycles. The van der Waals surface area contributed by atoms with Crippen molar-refractivity contribution in [1.29, 1.82) is 0 Å². The summed E-state index contributed by atoms with van der Waals surface area (Å²) in [6, 6.07) is 16.8. The van der Waals surface area contributed by atoms with Crippen LogP contribution in [-0.2, 0) is 4.74 Å². The second-order valence-electron chi connectivity index (χ2n) is 5.02. The van der Waals surface area contributed by atoms with E-state index >= 15 is 0 Å². The molecule has 0 aliphatic heterocycles. The largest absolute Gasteiger partial charge is 0.462 e. The minimum absolute atomic E-state index is 0.279. The molecule has 3 rings (SSSR count). The average molecular weight is 339 g/mol. The average Bonchev–Trinajstić information content (AvgIpc) is 2.62. The van der Waals surface area contributed by atoms with Crippen molar-refractivity contribution in [3.05, 3.63) is 71.4 Å². The number of aromatic nitrogens is 2. The van der Waals surface area contributed by atoms with E-state index in [9.17, 15) is 4.79 Å². The second kappa shape index (κ2) is 7.23. The van der Waals surface area contributed by atoms with Gasteiger partial charge in [-0.3, -0.25) is 0 Å². The van der Waals surface area contributed by atoms with Crippen LogP contribution in [0.1, 0.15) is 17.3 Å². The zero-order valence-corrected chi connectivity index (χ0v) is 13.8. The van der Waals surface area contributed by atoms with E-state index in [1.807, 2.05) is 48.5 Å². The molecule has 1 aromatic heterocycles. The van der Waals surface area contributed by atoms with E-state index in [-0.39, 0.29) is 6.61 Å². The van der Waals surface area contributed by atoms with E-state index in [1.165, 1.54) is 6.20 Å². The van der Waals surface area contributed by atoms with Crippen LogP contribution >= 0.6 is 11.6 Å². The maximum atomic E-state index is 12.3. The molecule has 24 heavy (non-hydrogen) atoms. The fourth-order valence-electron chi connectivity index (χ4n) is 2.32. The van der Waals surface area contributed by atoms with Crippen LogP contribution in [0.5, 0.6) is 0 Å². The van der Waals surface area contributed by atoms with Crippen LogP contribution in [0.2, 0.25) is 5.02 Å². The van der Waals surface area contributed by atoms with Gasteiger partial charge in [0.1, 0.15) is 5.56 Å². The molecule has 0 saturated heterocycles. The van der Waals surface area contributed by atoms with Crippen LogP contribution in [0.25, 0.3) is 22.6 Å². The molecule has 0 aliphatic carbocycles. The van der Waals surface area contributed by atoms with Gasteiger partial charge in [-0.1, -0.05) is 60.1 Å². The summed E-state index contributed by atoms with van der Waals surface area (Å²) in [6.07, 6.45) is 1.49. The molecule has 0 saturated carbocycles. The number of esters is 1. The number of carbonyl (C=O) groups is 1. The van der Waals surface area contributed by atoms with Gasteiger partial charge < -0.3 is 4.74 Å². The lowest BCUT2D eigenvalue weighted by molar-refractivity contribution is 0.0526. The number of rotatable bonds is 4.